The first kappa shape index (κ1) is 18.1. The van der Waals surface area contributed by atoms with Gasteiger partial charge in [-0.05, 0) is 0 Å². The van der Waals surface area contributed by atoms with Gasteiger partial charge < -0.3 is 13.3 Å². The maximum atomic E-state index is 11.2. The van der Waals surface area contributed by atoms with E-state index in [1.807, 2.05) is 0 Å². The highest BCUT2D eigenvalue weighted by Gasteiger charge is 2.57. The highest BCUT2D eigenvalue weighted by molar-refractivity contribution is 6.36. The van der Waals surface area contributed by atoms with Gasteiger partial charge in [0.1, 0.15) is 0 Å². The Labute approximate surface area is 90.3 Å². The molecule has 0 amide bonds. The van der Waals surface area contributed by atoms with E-state index < -0.39 is 28.3 Å². The van der Waals surface area contributed by atoms with Crippen molar-refractivity contribution in [3.05, 3.63) is 0 Å². The monoisotopic (exact) mass is 274 g/mol. The van der Waals surface area contributed by atoms with Crippen molar-refractivity contribution in [2.45, 2.75) is 12.1 Å². The van der Waals surface area contributed by atoms with Crippen LogP contribution in [0.3, 0.4) is 0 Å². The molecule has 0 atom stereocenters. The average molecular weight is 274 g/mol. The molecule has 0 bridgehead atoms. The van der Waals surface area contributed by atoms with Crippen LogP contribution in [0.4, 0.5) is 26.3 Å². The van der Waals surface area contributed by atoms with E-state index in [9.17, 15) is 26.3 Å². The van der Waals surface area contributed by atoms with Crippen molar-refractivity contribution in [2.24, 2.45) is 0 Å². The van der Waals surface area contributed by atoms with Crippen LogP contribution in [0.15, 0.2) is 0 Å². The zero-order valence-electron chi connectivity index (χ0n) is 8.78. The van der Waals surface area contributed by atoms with Gasteiger partial charge in [-0.2, -0.15) is 22.0 Å². The highest BCUT2D eigenvalue weighted by atomic mass is 28.3. The summed E-state index contributed by atoms with van der Waals surface area (Å²) in [6.45, 7) is -2.70. The van der Waals surface area contributed by atoms with E-state index in [1.54, 1.807) is 21.3 Å². The van der Waals surface area contributed by atoms with Crippen molar-refractivity contribution < 1.29 is 39.6 Å². The lowest BCUT2D eigenvalue weighted by molar-refractivity contribution is -0.286. The lowest BCUT2D eigenvalue weighted by atomic mass is 10.4. The molecule has 0 heterocycles. The standard InChI is InChI=1S/C3H2F6.C3H10O3Si/c4-1-2(5,6)3(7,8)9;1-4-7(5-2)6-3/h1H2;7H,1-3H3. The minimum Gasteiger partial charge on any atom is -0.379 e. The third-order valence-electron chi connectivity index (χ3n) is 1.16. The van der Waals surface area contributed by atoms with Crippen molar-refractivity contribution in [1.82, 2.24) is 0 Å². The normalized spacial score (nSPS) is 12.4. The molecule has 0 aromatic rings. The van der Waals surface area contributed by atoms with Crippen LogP contribution in [0.2, 0.25) is 0 Å². The number of alkyl halides is 6. The lowest BCUT2D eigenvalue weighted by Crippen LogP contribution is -2.38. The van der Waals surface area contributed by atoms with E-state index in [2.05, 4.69) is 0 Å². The molecule has 0 aromatic heterocycles. The molecule has 0 N–H and O–H groups in total. The summed E-state index contributed by atoms with van der Waals surface area (Å²) >= 11 is 0. The summed E-state index contributed by atoms with van der Waals surface area (Å²) < 4.78 is 79.9. The van der Waals surface area contributed by atoms with E-state index in [-0.39, 0.29) is 0 Å². The molecule has 0 spiro atoms. The molecule has 0 unspecified atom stereocenters. The molecule has 16 heavy (non-hydrogen) atoms. The Balaban J connectivity index is 0. The van der Waals surface area contributed by atoms with E-state index in [0.29, 0.717) is 0 Å². The smallest absolute Gasteiger partial charge is 0.379 e. The van der Waals surface area contributed by atoms with Crippen LogP contribution in [0, 0.1) is 0 Å². The van der Waals surface area contributed by atoms with E-state index in [1.165, 1.54) is 0 Å². The molecule has 100 valence electrons. The zero-order valence-corrected chi connectivity index (χ0v) is 9.93. The van der Waals surface area contributed by atoms with Gasteiger partial charge in [0.2, 0.25) is 0 Å². The molecule has 3 nitrogen and oxygen atoms in total. The summed E-state index contributed by atoms with van der Waals surface area (Å²) in [5, 5.41) is 0. The number of hydrogen-bond acceptors (Lipinski definition) is 3. The fourth-order valence-electron chi connectivity index (χ4n) is 0.364. The Bertz CT molecular complexity index is 167. The topological polar surface area (TPSA) is 27.7 Å². The number of rotatable bonds is 4. The first-order valence-corrected chi connectivity index (χ1v) is 5.16. The van der Waals surface area contributed by atoms with Crippen molar-refractivity contribution in [3.63, 3.8) is 0 Å². The second-order valence-corrected chi connectivity index (χ2v) is 4.32. The van der Waals surface area contributed by atoms with Gasteiger partial charge in [0, 0.05) is 21.3 Å². The largest absolute Gasteiger partial charge is 0.483 e. The summed E-state index contributed by atoms with van der Waals surface area (Å²) in [6.07, 6.45) is -5.76. The molecule has 0 saturated heterocycles. The maximum absolute atomic E-state index is 11.2. The van der Waals surface area contributed by atoms with Gasteiger partial charge >= 0.3 is 21.6 Å². The van der Waals surface area contributed by atoms with Gasteiger partial charge in [-0.25, -0.2) is 4.39 Å². The van der Waals surface area contributed by atoms with Crippen LogP contribution in [0.1, 0.15) is 0 Å². The second kappa shape index (κ2) is 7.87. The number of halogens is 6. The zero-order chi connectivity index (χ0) is 13.4. The average Bonchev–Trinajstić information content (AvgIpc) is 2.20. The third kappa shape index (κ3) is 7.03. The molecule has 0 aromatic carbocycles. The molecule has 10 heteroatoms. The van der Waals surface area contributed by atoms with Gasteiger partial charge in [-0.3, -0.25) is 0 Å². The van der Waals surface area contributed by atoms with Crippen LogP contribution in [-0.2, 0) is 13.3 Å². The predicted octanol–water partition coefficient (Wildman–Crippen LogP) is 1.80. The van der Waals surface area contributed by atoms with Gasteiger partial charge in [0.05, 0.1) is 0 Å². The third-order valence-corrected chi connectivity index (χ3v) is 2.31. The Morgan fingerprint density at radius 2 is 1.19 bits per heavy atom. The van der Waals surface area contributed by atoms with Gasteiger partial charge in [0.25, 0.3) is 0 Å². The SMILES string of the molecule is CO[SiH](OC)OC.FCC(F)(F)C(F)(F)F. The molecule has 0 aliphatic rings. The fraction of sp³-hybridized carbons (Fsp3) is 1.00. The molecule has 0 rings (SSSR count). The van der Waals surface area contributed by atoms with Crippen molar-refractivity contribution in [3.8, 4) is 0 Å². The Kier molecular flexibility index (Phi) is 8.88. The van der Waals surface area contributed by atoms with Gasteiger partial charge in [-0.15, -0.1) is 0 Å². The Morgan fingerprint density at radius 1 is 0.875 bits per heavy atom. The Morgan fingerprint density at radius 3 is 1.19 bits per heavy atom. The molecular weight excluding hydrogens is 262 g/mol. The van der Waals surface area contributed by atoms with Crippen LogP contribution >= 0.6 is 0 Å². The summed E-state index contributed by atoms with van der Waals surface area (Å²) in [4.78, 5) is 0. The molecule has 0 aliphatic carbocycles. The number of hydrogen-bond donors (Lipinski definition) is 0. The highest BCUT2D eigenvalue weighted by Crippen LogP contribution is 2.35. The molecule has 0 aliphatic heterocycles. The quantitative estimate of drug-likeness (QED) is 0.578. The van der Waals surface area contributed by atoms with Crippen molar-refractivity contribution in [1.29, 1.82) is 0 Å². The fourth-order valence-corrected chi connectivity index (χ4v) is 0.942. The van der Waals surface area contributed by atoms with Crippen LogP contribution in [0.25, 0.3) is 0 Å². The van der Waals surface area contributed by atoms with Gasteiger partial charge in [0.15, 0.2) is 6.67 Å². The predicted molar refractivity (Wildman–Crippen MR) is 45.2 cm³/mol. The van der Waals surface area contributed by atoms with Crippen LogP contribution in [0.5, 0.6) is 0 Å². The summed E-state index contributed by atoms with van der Waals surface area (Å²) in [5.41, 5.74) is 0. The van der Waals surface area contributed by atoms with E-state index in [0.717, 1.165) is 0 Å². The van der Waals surface area contributed by atoms with E-state index in [4.69, 9.17) is 13.3 Å². The minimum absolute atomic E-state index is 1.57. The van der Waals surface area contributed by atoms with E-state index >= 15 is 0 Å². The molecule has 0 fully saturated rings. The van der Waals surface area contributed by atoms with Crippen molar-refractivity contribution >= 4 is 9.53 Å². The Hall–Kier alpha value is -0.323. The summed E-state index contributed by atoms with van der Waals surface area (Å²) in [5.74, 6) is -5.19. The van der Waals surface area contributed by atoms with Gasteiger partial charge in [-0.1, -0.05) is 0 Å². The maximum Gasteiger partial charge on any atom is 0.483 e. The summed E-state index contributed by atoms with van der Waals surface area (Å²) in [7, 11) is 3.05. The second-order valence-electron chi connectivity index (χ2n) is 2.33. The summed E-state index contributed by atoms with van der Waals surface area (Å²) in [6, 6.07) is 0. The van der Waals surface area contributed by atoms with Crippen LogP contribution in [-0.4, -0.2) is 49.6 Å². The molecule has 0 saturated carbocycles. The van der Waals surface area contributed by atoms with Crippen LogP contribution < -0.4 is 0 Å². The minimum atomic E-state index is -5.76. The first-order valence-electron chi connectivity index (χ1n) is 3.75. The van der Waals surface area contributed by atoms with Crippen molar-refractivity contribution in [2.75, 3.05) is 28.0 Å². The molecular formula is C6H12F6O3Si. The first-order chi connectivity index (χ1) is 7.16. The lowest BCUT2D eigenvalue weighted by Gasteiger charge is -2.14. The molecule has 0 radical (unpaired) electrons.